The number of nitrogens with one attached hydrogen (secondary N) is 1. The maximum atomic E-state index is 12.1. The summed E-state index contributed by atoms with van der Waals surface area (Å²) in [7, 11) is 0. The fraction of sp³-hybridized carbons (Fsp3) is 0.750. The third-order valence-corrected chi connectivity index (χ3v) is 3.07. The van der Waals surface area contributed by atoms with E-state index in [0.29, 0.717) is 0 Å². The number of hydrogen-bond acceptors (Lipinski definition) is 5. The SMILES string of the molecule is CCOC(=O)CN(CC)C(=O)NC1(C(=O)O)CCOC1. The summed E-state index contributed by atoms with van der Waals surface area (Å²) in [6.07, 6.45) is 0.199. The Morgan fingerprint density at radius 2 is 2.10 bits per heavy atom. The second-order valence-corrected chi connectivity index (χ2v) is 4.44. The van der Waals surface area contributed by atoms with E-state index < -0.39 is 23.5 Å². The van der Waals surface area contributed by atoms with Crippen LogP contribution in [0.5, 0.6) is 0 Å². The molecule has 1 rings (SSSR count). The minimum absolute atomic E-state index is 0.0783. The molecule has 1 fully saturated rings. The number of likely N-dealkylation sites (N-methyl/N-ethyl adjacent to an activating group) is 1. The molecule has 0 bridgehead atoms. The third-order valence-electron chi connectivity index (χ3n) is 3.07. The van der Waals surface area contributed by atoms with Gasteiger partial charge in [-0.2, -0.15) is 0 Å². The number of carbonyl (C=O) groups is 3. The third kappa shape index (κ3) is 3.83. The molecule has 0 spiro atoms. The summed E-state index contributed by atoms with van der Waals surface area (Å²) in [6.45, 7) is 3.83. The van der Waals surface area contributed by atoms with Gasteiger partial charge in [0.05, 0.1) is 13.2 Å². The zero-order chi connectivity index (χ0) is 15.2. The fourth-order valence-electron chi connectivity index (χ4n) is 1.86. The molecule has 2 amide bonds. The van der Waals surface area contributed by atoms with Gasteiger partial charge < -0.3 is 24.8 Å². The lowest BCUT2D eigenvalue weighted by molar-refractivity contribution is -0.144. The van der Waals surface area contributed by atoms with Crippen molar-refractivity contribution in [1.29, 1.82) is 0 Å². The van der Waals surface area contributed by atoms with Crippen molar-refractivity contribution in [2.24, 2.45) is 0 Å². The lowest BCUT2D eigenvalue weighted by atomic mass is 9.99. The van der Waals surface area contributed by atoms with Crippen LogP contribution >= 0.6 is 0 Å². The molecule has 0 saturated carbocycles. The van der Waals surface area contributed by atoms with E-state index in [1.807, 2.05) is 0 Å². The number of carbonyl (C=O) groups excluding carboxylic acids is 2. The maximum Gasteiger partial charge on any atom is 0.332 e. The predicted molar refractivity (Wildman–Crippen MR) is 68.2 cm³/mol. The summed E-state index contributed by atoms with van der Waals surface area (Å²) >= 11 is 0. The number of aliphatic carboxylic acids is 1. The Kier molecular flexibility index (Phi) is 5.75. The molecule has 1 unspecified atom stereocenters. The van der Waals surface area contributed by atoms with Gasteiger partial charge in [0.2, 0.25) is 0 Å². The van der Waals surface area contributed by atoms with Crippen LogP contribution in [0.15, 0.2) is 0 Å². The first kappa shape index (κ1) is 16.2. The molecule has 1 aliphatic heterocycles. The summed E-state index contributed by atoms with van der Waals surface area (Å²) in [5.74, 6) is -1.67. The van der Waals surface area contributed by atoms with Crippen molar-refractivity contribution in [3.8, 4) is 0 Å². The summed E-state index contributed by atoms with van der Waals surface area (Å²) < 4.78 is 9.82. The van der Waals surface area contributed by atoms with Gasteiger partial charge in [-0.05, 0) is 13.8 Å². The summed E-state index contributed by atoms with van der Waals surface area (Å²) in [5.41, 5.74) is -1.42. The van der Waals surface area contributed by atoms with Crippen LogP contribution in [0.4, 0.5) is 4.79 Å². The number of nitrogens with zero attached hydrogens (tertiary/aromatic N) is 1. The van der Waals surface area contributed by atoms with E-state index in [-0.39, 0.29) is 39.3 Å². The van der Waals surface area contributed by atoms with Gasteiger partial charge in [-0.1, -0.05) is 0 Å². The predicted octanol–water partition coefficient (Wildman–Crippen LogP) is -0.175. The van der Waals surface area contributed by atoms with Gasteiger partial charge in [-0.15, -0.1) is 0 Å². The standard InChI is InChI=1S/C12H20N2O6/c1-3-14(7-9(15)20-4-2)11(18)13-12(10(16)17)5-6-19-8-12/h3-8H2,1-2H3,(H,13,18)(H,16,17). The molecule has 1 aliphatic rings. The Balaban J connectivity index is 2.66. The minimum Gasteiger partial charge on any atom is -0.479 e. The van der Waals surface area contributed by atoms with E-state index in [2.05, 4.69) is 5.32 Å². The van der Waals surface area contributed by atoms with Crippen LogP contribution in [0.25, 0.3) is 0 Å². The van der Waals surface area contributed by atoms with Gasteiger partial charge in [0.1, 0.15) is 6.54 Å². The molecular weight excluding hydrogens is 268 g/mol. The van der Waals surface area contributed by atoms with Crippen molar-refractivity contribution in [2.75, 3.05) is 32.9 Å². The molecule has 1 heterocycles. The van der Waals surface area contributed by atoms with E-state index >= 15 is 0 Å². The molecule has 0 radical (unpaired) electrons. The van der Waals surface area contributed by atoms with E-state index in [1.165, 1.54) is 4.90 Å². The Morgan fingerprint density at radius 3 is 2.55 bits per heavy atom. The van der Waals surface area contributed by atoms with Crippen LogP contribution in [-0.2, 0) is 19.1 Å². The number of esters is 1. The van der Waals surface area contributed by atoms with Gasteiger partial charge in [-0.3, -0.25) is 4.79 Å². The van der Waals surface area contributed by atoms with E-state index in [1.54, 1.807) is 13.8 Å². The number of carboxylic acids is 1. The molecule has 0 aromatic carbocycles. The molecule has 20 heavy (non-hydrogen) atoms. The number of carboxylic acid groups (broad SMARTS) is 1. The van der Waals surface area contributed by atoms with Gasteiger partial charge in [0, 0.05) is 19.6 Å². The van der Waals surface area contributed by atoms with E-state index in [9.17, 15) is 19.5 Å². The highest BCUT2D eigenvalue weighted by atomic mass is 16.5. The van der Waals surface area contributed by atoms with Crippen molar-refractivity contribution in [1.82, 2.24) is 10.2 Å². The number of hydrogen-bond donors (Lipinski definition) is 2. The van der Waals surface area contributed by atoms with Crippen LogP contribution < -0.4 is 5.32 Å². The molecule has 1 saturated heterocycles. The Hall–Kier alpha value is -1.83. The summed E-state index contributed by atoms with van der Waals surface area (Å²) in [4.78, 5) is 35.9. The molecule has 2 N–H and O–H groups in total. The Morgan fingerprint density at radius 1 is 1.40 bits per heavy atom. The van der Waals surface area contributed by atoms with Crippen LogP contribution in [0.3, 0.4) is 0 Å². The Labute approximate surface area is 117 Å². The van der Waals surface area contributed by atoms with E-state index in [4.69, 9.17) is 9.47 Å². The number of ether oxygens (including phenoxy) is 2. The monoisotopic (exact) mass is 288 g/mol. The fourth-order valence-corrected chi connectivity index (χ4v) is 1.86. The number of rotatable bonds is 6. The van der Waals surface area contributed by atoms with Gasteiger partial charge in [0.25, 0.3) is 0 Å². The average Bonchev–Trinajstić information content (AvgIpc) is 2.86. The highest BCUT2D eigenvalue weighted by Gasteiger charge is 2.44. The number of urea groups is 1. The normalized spacial score (nSPS) is 21.3. The highest BCUT2D eigenvalue weighted by molar-refractivity contribution is 5.88. The number of amides is 2. The Bertz CT molecular complexity index is 378. The molecule has 1 atom stereocenters. The van der Waals surface area contributed by atoms with Crippen LogP contribution in [0.2, 0.25) is 0 Å². The van der Waals surface area contributed by atoms with Crippen molar-refractivity contribution in [3.05, 3.63) is 0 Å². The van der Waals surface area contributed by atoms with Gasteiger partial charge >= 0.3 is 18.0 Å². The van der Waals surface area contributed by atoms with Crippen molar-refractivity contribution in [2.45, 2.75) is 25.8 Å². The van der Waals surface area contributed by atoms with Crippen LogP contribution in [0, 0.1) is 0 Å². The molecular formula is C12H20N2O6. The summed E-state index contributed by atoms with van der Waals surface area (Å²) in [6, 6.07) is -0.617. The van der Waals surface area contributed by atoms with Crippen molar-refractivity contribution in [3.63, 3.8) is 0 Å². The molecule has 8 heteroatoms. The minimum atomic E-state index is -1.42. The zero-order valence-electron chi connectivity index (χ0n) is 11.7. The quantitative estimate of drug-likeness (QED) is 0.657. The second kappa shape index (κ2) is 7.09. The molecule has 0 aromatic rings. The topological polar surface area (TPSA) is 105 Å². The molecule has 8 nitrogen and oxygen atoms in total. The van der Waals surface area contributed by atoms with Gasteiger partial charge in [-0.25, -0.2) is 9.59 Å². The van der Waals surface area contributed by atoms with Crippen molar-refractivity contribution >= 4 is 18.0 Å². The highest BCUT2D eigenvalue weighted by Crippen LogP contribution is 2.19. The molecule has 0 aromatic heterocycles. The smallest absolute Gasteiger partial charge is 0.332 e. The first-order chi connectivity index (χ1) is 9.45. The average molecular weight is 288 g/mol. The summed E-state index contributed by atoms with van der Waals surface area (Å²) in [5, 5.41) is 11.7. The largest absolute Gasteiger partial charge is 0.479 e. The second-order valence-electron chi connectivity index (χ2n) is 4.44. The first-order valence-electron chi connectivity index (χ1n) is 6.49. The maximum absolute atomic E-state index is 12.1. The van der Waals surface area contributed by atoms with Crippen molar-refractivity contribution < 1.29 is 29.0 Å². The van der Waals surface area contributed by atoms with Crippen LogP contribution in [-0.4, -0.2) is 66.4 Å². The lowest BCUT2D eigenvalue weighted by Crippen LogP contribution is -2.59. The molecule has 114 valence electrons. The first-order valence-corrected chi connectivity index (χ1v) is 6.49. The zero-order valence-corrected chi connectivity index (χ0v) is 11.7. The lowest BCUT2D eigenvalue weighted by Gasteiger charge is -2.28. The van der Waals surface area contributed by atoms with Crippen LogP contribution in [0.1, 0.15) is 20.3 Å². The molecule has 0 aliphatic carbocycles. The van der Waals surface area contributed by atoms with Gasteiger partial charge in [0.15, 0.2) is 5.54 Å². The van der Waals surface area contributed by atoms with E-state index in [0.717, 1.165) is 0 Å².